The molecule has 9 heteroatoms. The molecule has 2 aromatic rings. The van der Waals surface area contributed by atoms with E-state index in [9.17, 15) is 22.8 Å². The third-order valence-electron chi connectivity index (χ3n) is 4.29. The number of carbonyl (C=O) groups is 2. The summed E-state index contributed by atoms with van der Waals surface area (Å²) in [5.41, 5.74) is 0.365. The first-order valence-corrected chi connectivity index (χ1v) is 8.53. The molecule has 144 valence electrons. The van der Waals surface area contributed by atoms with Crippen molar-refractivity contribution in [2.45, 2.75) is 37.8 Å². The number of aliphatic carboxylic acids is 1. The molecule has 1 saturated carbocycles. The number of aromatic nitrogens is 2. The Kier molecular flexibility index (Phi) is 5.20. The van der Waals surface area contributed by atoms with Crippen molar-refractivity contribution in [3.63, 3.8) is 0 Å². The Morgan fingerprint density at radius 3 is 2.67 bits per heavy atom. The minimum absolute atomic E-state index is 0.0563. The first kappa shape index (κ1) is 18.9. The topological polar surface area (TPSA) is 84.2 Å². The van der Waals surface area contributed by atoms with Gasteiger partial charge in [-0.25, -0.2) is 4.68 Å². The highest BCUT2D eigenvalue weighted by Gasteiger charge is 2.34. The zero-order chi connectivity index (χ0) is 19.6. The molecule has 1 aromatic carbocycles. The van der Waals surface area contributed by atoms with Gasteiger partial charge in [0, 0.05) is 18.9 Å². The fourth-order valence-electron chi connectivity index (χ4n) is 2.84. The van der Waals surface area contributed by atoms with Gasteiger partial charge in [0.2, 0.25) is 0 Å². The van der Waals surface area contributed by atoms with Crippen molar-refractivity contribution in [2.24, 2.45) is 0 Å². The minimum atomic E-state index is -4.47. The maximum absolute atomic E-state index is 13.0. The zero-order valence-electron chi connectivity index (χ0n) is 14.3. The average Bonchev–Trinajstić information content (AvgIpc) is 3.35. The summed E-state index contributed by atoms with van der Waals surface area (Å²) in [6.45, 7) is 0.198. The van der Waals surface area contributed by atoms with Gasteiger partial charge in [-0.2, -0.15) is 18.3 Å². The van der Waals surface area contributed by atoms with Gasteiger partial charge >= 0.3 is 12.1 Å². The van der Waals surface area contributed by atoms with Crippen molar-refractivity contribution in [1.82, 2.24) is 15.1 Å². The second-order valence-electron chi connectivity index (χ2n) is 6.43. The number of alkyl halides is 3. The number of benzene rings is 1. The fraction of sp³-hybridized carbons (Fsp3) is 0.389. The molecule has 2 N–H and O–H groups in total. The number of nitrogens with zero attached hydrogens (tertiary/aromatic N) is 2. The molecule has 27 heavy (non-hydrogen) atoms. The molecule has 0 unspecified atom stereocenters. The average molecular weight is 381 g/mol. The van der Waals surface area contributed by atoms with Crippen molar-refractivity contribution in [3.8, 4) is 5.69 Å². The van der Waals surface area contributed by atoms with Crippen molar-refractivity contribution in [3.05, 3.63) is 47.3 Å². The van der Waals surface area contributed by atoms with Gasteiger partial charge in [-0.05, 0) is 37.5 Å². The van der Waals surface area contributed by atoms with Crippen LogP contribution in [0.4, 0.5) is 13.2 Å². The molecule has 0 radical (unpaired) electrons. The van der Waals surface area contributed by atoms with Gasteiger partial charge in [0.25, 0.3) is 5.91 Å². The van der Waals surface area contributed by atoms with Crippen molar-refractivity contribution < 1.29 is 27.9 Å². The summed E-state index contributed by atoms with van der Waals surface area (Å²) in [6.07, 6.45) is -1.21. The molecule has 0 saturated heterocycles. The number of carboxylic acids is 1. The highest BCUT2D eigenvalue weighted by atomic mass is 19.4. The van der Waals surface area contributed by atoms with Gasteiger partial charge in [-0.3, -0.25) is 9.59 Å². The van der Waals surface area contributed by atoms with Crippen LogP contribution in [0.5, 0.6) is 0 Å². The lowest BCUT2D eigenvalue weighted by Gasteiger charge is -2.12. The maximum Gasteiger partial charge on any atom is 0.416 e. The normalized spacial score (nSPS) is 14.2. The Hall–Kier alpha value is -2.84. The summed E-state index contributed by atoms with van der Waals surface area (Å²) in [7, 11) is 0. The Bertz CT molecular complexity index is 857. The molecule has 1 aliphatic carbocycles. The summed E-state index contributed by atoms with van der Waals surface area (Å²) in [5.74, 6) is -1.28. The molecule has 0 bridgehead atoms. The number of amides is 1. The van der Waals surface area contributed by atoms with E-state index in [1.165, 1.54) is 23.0 Å². The molecule has 6 nitrogen and oxygen atoms in total. The monoisotopic (exact) mass is 381 g/mol. The fourth-order valence-corrected chi connectivity index (χ4v) is 2.84. The summed E-state index contributed by atoms with van der Waals surface area (Å²) >= 11 is 0. The van der Waals surface area contributed by atoms with E-state index in [0.717, 1.165) is 25.0 Å². The number of hydrogen-bond donors (Lipinski definition) is 2. The number of carbonyl (C=O) groups excluding carboxylic acids is 1. The van der Waals surface area contributed by atoms with Gasteiger partial charge < -0.3 is 10.4 Å². The summed E-state index contributed by atoms with van der Waals surface area (Å²) in [5, 5.41) is 15.4. The zero-order valence-corrected chi connectivity index (χ0v) is 14.3. The van der Waals surface area contributed by atoms with E-state index < -0.39 is 23.6 Å². The standard InChI is InChI=1S/C18H18F3N3O3/c19-18(20,21)12-3-1-4-13(9-12)24-16(11-6-7-11)14(10-23-24)17(27)22-8-2-5-15(25)26/h1,3-4,9-11H,2,5-8H2,(H,22,27)(H,25,26). The van der Waals surface area contributed by atoms with E-state index in [1.54, 1.807) is 0 Å². The molecule has 0 spiro atoms. The first-order valence-electron chi connectivity index (χ1n) is 8.53. The van der Waals surface area contributed by atoms with E-state index >= 15 is 0 Å². The smallest absolute Gasteiger partial charge is 0.416 e. The number of carboxylic acid groups (broad SMARTS) is 1. The highest BCUT2D eigenvalue weighted by molar-refractivity contribution is 5.95. The summed E-state index contributed by atoms with van der Waals surface area (Å²) in [4.78, 5) is 22.9. The second-order valence-corrected chi connectivity index (χ2v) is 6.43. The number of halogens is 3. The molecular formula is C18H18F3N3O3. The molecule has 1 heterocycles. The summed E-state index contributed by atoms with van der Waals surface area (Å²) in [6, 6.07) is 4.82. The first-order chi connectivity index (χ1) is 12.8. The van der Waals surface area contributed by atoms with Crippen molar-refractivity contribution in [1.29, 1.82) is 0 Å². The second kappa shape index (κ2) is 7.42. The molecule has 3 rings (SSSR count). The van der Waals surface area contributed by atoms with Gasteiger partial charge in [0.15, 0.2) is 0 Å². The van der Waals surface area contributed by atoms with Gasteiger partial charge in [-0.1, -0.05) is 6.07 Å². The van der Waals surface area contributed by atoms with Crippen LogP contribution < -0.4 is 5.32 Å². The predicted octanol–water partition coefficient (Wildman–Crippen LogP) is 3.36. The third kappa shape index (κ3) is 4.47. The Morgan fingerprint density at radius 2 is 2.04 bits per heavy atom. The molecule has 1 fully saturated rings. The molecule has 1 aromatic heterocycles. The van der Waals surface area contributed by atoms with Crippen LogP contribution in [0, 0.1) is 0 Å². The van der Waals surface area contributed by atoms with Crippen molar-refractivity contribution in [2.75, 3.05) is 6.54 Å². The Labute approximate surface area is 153 Å². The largest absolute Gasteiger partial charge is 0.481 e. The molecule has 0 atom stereocenters. The van der Waals surface area contributed by atoms with Crippen LogP contribution in [0.15, 0.2) is 30.5 Å². The lowest BCUT2D eigenvalue weighted by atomic mass is 10.1. The van der Waals surface area contributed by atoms with Gasteiger partial charge in [0.1, 0.15) is 0 Å². The molecule has 1 aliphatic rings. The van der Waals surface area contributed by atoms with Crippen LogP contribution in [-0.2, 0) is 11.0 Å². The minimum Gasteiger partial charge on any atom is -0.481 e. The van der Waals surface area contributed by atoms with Gasteiger partial charge in [0.05, 0.1) is 28.7 Å². The number of hydrogen-bond acceptors (Lipinski definition) is 3. The van der Waals surface area contributed by atoms with Crippen LogP contribution in [0.2, 0.25) is 0 Å². The van der Waals surface area contributed by atoms with Crippen LogP contribution in [0.3, 0.4) is 0 Å². The predicted molar refractivity (Wildman–Crippen MR) is 89.7 cm³/mol. The molecule has 1 amide bonds. The van der Waals surface area contributed by atoms with Crippen LogP contribution in [-0.4, -0.2) is 33.3 Å². The van der Waals surface area contributed by atoms with E-state index in [4.69, 9.17) is 5.11 Å². The number of rotatable bonds is 7. The molecular weight excluding hydrogens is 363 g/mol. The number of nitrogens with one attached hydrogen (secondary N) is 1. The quantitative estimate of drug-likeness (QED) is 0.721. The third-order valence-corrected chi connectivity index (χ3v) is 4.29. The summed E-state index contributed by atoms with van der Waals surface area (Å²) < 4.78 is 40.3. The van der Waals surface area contributed by atoms with E-state index in [2.05, 4.69) is 10.4 Å². The lowest BCUT2D eigenvalue weighted by molar-refractivity contribution is -0.138. The lowest BCUT2D eigenvalue weighted by Crippen LogP contribution is -2.25. The Morgan fingerprint density at radius 1 is 1.30 bits per heavy atom. The molecule has 0 aliphatic heterocycles. The van der Waals surface area contributed by atoms with Crippen LogP contribution in [0.1, 0.15) is 53.2 Å². The Balaban J connectivity index is 1.84. The van der Waals surface area contributed by atoms with E-state index in [0.29, 0.717) is 17.7 Å². The highest BCUT2D eigenvalue weighted by Crippen LogP contribution is 2.42. The van der Waals surface area contributed by atoms with E-state index in [1.807, 2.05) is 0 Å². The van der Waals surface area contributed by atoms with Crippen LogP contribution >= 0.6 is 0 Å². The maximum atomic E-state index is 13.0. The van der Waals surface area contributed by atoms with Crippen molar-refractivity contribution >= 4 is 11.9 Å². The van der Waals surface area contributed by atoms with E-state index in [-0.39, 0.29) is 24.6 Å². The SMILES string of the molecule is O=C(O)CCCNC(=O)c1cnn(-c2cccc(C(F)(F)F)c2)c1C1CC1. The van der Waals surface area contributed by atoms with Crippen LogP contribution in [0.25, 0.3) is 5.69 Å². The van der Waals surface area contributed by atoms with Gasteiger partial charge in [-0.15, -0.1) is 0 Å².